The van der Waals surface area contributed by atoms with Crippen molar-refractivity contribution in [2.24, 2.45) is 5.92 Å². The molecule has 0 aliphatic heterocycles. The van der Waals surface area contributed by atoms with E-state index in [4.69, 9.17) is 9.47 Å². The molecule has 0 fully saturated rings. The summed E-state index contributed by atoms with van der Waals surface area (Å²) in [6.45, 7) is 11.5. The molecule has 0 saturated heterocycles. The van der Waals surface area contributed by atoms with Crippen molar-refractivity contribution in [1.29, 1.82) is 0 Å². The van der Waals surface area contributed by atoms with Crippen LogP contribution in [0.5, 0.6) is 0 Å². The third-order valence-corrected chi connectivity index (χ3v) is 2.26. The third kappa shape index (κ3) is 13.8. The van der Waals surface area contributed by atoms with Crippen molar-refractivity contribution < 1.29 is 14.6 Å². The minimum Gasteiger partial charge on any atom is -0.389 e. The van der Waals surface area contributed by atoms with Crippen LogP contribution in [0.2, 0.25) is 0 Å². The van der Waals surface area contributed by atoms with Crippen LogP contribution in [0.1, 0.15) is 34.1 Å². The first-order valence-electron chi connectivity index (χ1n) is 6.60. The summed E-state index contributed by atoms with van der Waals surface area (Å²) in [5.74, 6) is 0.693. The fourth-order valence-corrected chi connectivity index (χ4v) is 1.20. The number of aliphatic hydroxyl groups is 1. The molecule has 17 heavy (non-hydrogen) atoms. The van der Waals surface area contributed by atoms with Crippen molar-refractivity contribution in [3.63, 3.8) is 0 Å². The Bertz CT molecular complexity index is 163. The molecule has 0 aromatic carbocycles. The minimum atomic E-state index is -0.437. The molecule has 0 aromatic heterocycles. The Morgan fingerprint density at radius 3 is 2.41 bits per heavy atom. The van der Waals surface area contributed by atoms with Crippen molar-refractivity contribution in [2.45, 2.75) is 46.3 Å². The molecule has 104 valence electrons. The largest absolute Gasteiger partial charge is 0.389 e. The number of hydrogen-bond donors (Lipinski definition) is 2. The van der Waals surface area contributed by atoms with Crippen LogP contribution in [0.4, 0.5) is 0 Å². The van der Waals surface area contributed by atoms with Crippen LogP contribution in [-0.4, -0.2) is 50.2 Å². The Balaban J connectivity index is 3.16. The molecule has 0 aliphatic carbocycles. The molecule has 0 radical (unpaired) electrons. The maximum atomic E-state index is 9.55. The minimum absolute atomic E-state index is 0.170. The van der Waals surface area contributed by atoms with Gasteiger partial charge in [-0.25, -0.2) is 0 Å². The Morgan fingerprint density at radius 1 is 1.12 bits per heavy atom. The second-order valence-corrected chi connectivity index (χ2v) is 5.03. The number of hydrogen-bond acceptors (Lipinski definition) is 4. The topological polar surface area (TPSA) is 50.7 Å². The first-order chi connectivity index (χ1) is 8.02. The van der Waals surface area contributed by atoms with E-state index in [1.807, 2.05) is 13.8 Å². The van der Waals surface area contributed by atoms with Crippen molar-refractivity contribution >= 4 is 0 Å². The maximum Gasteiger partial charge on any atom is 0.0897 e. The lowest BCUT2D eigenvalue weighted by atomic mass is 10.1. The van der Waals surface area contributed by atoms with Gasteiger partial charge in [-0.1, -0.05) is 13.8 Å². The lowest BCUT2D eigenvalue weighted by Crippen LogP contribution is -2.33. The van der Waals surface area contributed by atoms with Gasteiger partial charge in [0.15, 0.2) is 0 Å². The van der Waals surface area contributed by atoms with E-state index in [0.717, 1.165) is 19.6 Å². The molecule has 0 amide bonds. The SMILES string of the molecule is CC(C)CCOCCNCC(O)COC(C)C. The van der Waals surface area contributed by atoms with Gasteiger partial charge < -0.3 is 19.9 Å². The zero-order valence-electron chi connectivity index (χ0n) is 11.7. The fraction of sp³-hybridized carbons (Fsp3) is 1.00. The first-order valence-corrected chi connectivity index (χ1v) is 6.60. The van der Waals surface area contributed by atoms with E-state index in [0.29, 0.717) is 25.7 Å². The lowest BCUT2D eigenvalue weighted by molar-refractivity contribution is 0.00569. The van der Waals surface area contributed by atoms with Gasteiger partial charge in [0.25, 0.3) is 0 Å². The van der Waals surface area contributed by atoms with Gasteiger partial charge in [0, 0.05) is 19.7 Å². The predicted molar refractivity (Wildman–Crippen MR) is 70.2 cm³/mol. The Kier molecular flexibility index (Phi) is 10.9. The average Bonchev–Trinajstić information content (AvgIpc) is 2.24. The highest BCUT2D eigenvalue weighted by Gasteiger charge is 2.04. The molecule has 0 saturated carbocycles. The molecule has 0 aromatic rings. The molecule has 0 spiro atoms. The van der Waals surface area contributed by atoms with Crippen molar-refractivity contribution in [3.05, 3.63) is 0 Å². The summed E-state index contributed by atoms with van der Waals surface area (Å²) < 4.78 is 10.8. The molecule has 4 nitrogen and oxygen atoms in total. The van der Waals surface area contributed by atoms with Gasteiger partial charge in [-0.15, -0.1) is 0 Å². The van der Waals surface area contributed by atoms with Gasteiger partial charge >= 0.3 is 0 Å². The second kappa shape index (κ2) is 11.0. The maximum absolute atomic E-state index is 9.55. The molecule has 1 atom stereocenters. The second-order valence-electron chi connectivity index (χ2n) is 5.03. The van der Waals surface area contributed by atoms with Crippen LogP contribution in [0.25, 0.3) is 0 Å². The summed E-state index contributed by atoms with van der Waals surface area (Å²) >= 11 is 0. The third-order valence-electron chi connectivity index (χ3n) is 2.26. The normalized spacial score (nSPS) is 13.6. The highest BCUT2D eigenvalue weighted by molar-refractivity contribution is 4.58. The zero-order chi connectivity index (χ0) is 13.1. The van der Waals surface area contributed by atoms with E-state index < -0.39 is 6.10 Å². The van der Waals surface area contributed by atoms with Crippen molar-refractivity contribution in [1.82, 2.24) is 5.32 Å². The number of nitrogens with one attached hydrogen (secondary N) is 1. The Labute approximate surface area is 106 Å². The van der Waals surface area contributed by atoms with Crippen LogP contribution in [-0.2, 0) is 9.47 Å². The summed E-state index contributed by atoms with van der Waals surface area (Å²) in [7, 11) is 0. The van der Waals surface area contributed by atoms with Crippen molar-refractivity contribution in [2.75, 3.05) is 32.9 Å². The van der Waals surface area contributed by atoms with Gasteiger partial charge in [-0.05, 0) is 26.2 Å². The Morgan fingerprint density at radius 2 is 1.82 bits per heavy atom. The molecular weight excluding hydrogens is 218 g/mol. The van der Waals surface area contributed by atoms with Gasteiger partial charge in [0.05, 0.1) is 25.4 Å². The molecule has 0 bridgehead atoms. The van der Waals surface area contributed by atoms with E-state index >= 15 is 0 Å². The summed E-state index contributed by atoms with van der Waals surface area (Å²) in [6, 6.07) is 0. The van der Waals surface area contributed by atoms with Crippen LogP contribution in [0.15, 0.2) is 0 Å². The monoisotopic (exact) mass is 247 g/mol. The van der Waals surface area contributed by atoms with Crippen LogP contribution >= 0.6 is 0 Å². The number of ether oxygens (including phenoxy) is 2. The van der Waals surface area contributed by atoms with Crippen LogP contribution < -0.4 is 5.32 Å². The molecule has 0 rings (SSSR count). The summed E-state index contributed by atoms with van der Waals surface area (Å²) in [4.78, 5) is 0. The highest BCUT2D eigenvalue weighted by atomic mass is 16.5. The van der Waals surface area contributed by atoms with E-state index in [2.05, 4.69) is 19.2 Å². The number of rotatable bonds is 11. The molecular formula is C13H29NO3. The van der Waals surface area contributed by atoms with E-state index in [-0.39, 0.29) is 6.10 Å². The van der Waals surface area contributed by atoms with Crippen molar-refractivity contribution in [3.8, 4) is 0 Å². The van der Waals surface area contributed by atoms with Gasteiger partial charge in [-0.3, -0.25) is 0 Å². The molecule has 2 N–H and O–H groups in total. The molecule has 4 heteroatoms. The summed E-state index contributed by atoms with van der Waals surface area (Å²) in [5.41, 5.74) is 0. The van der Waals surface area contributed by atoms with Gasteiger partial charge in [-0.2, -0.15) is 0 Å². The van der Waals surface area contributed by atoms with E-state index in [1.54, 1.807) is 0 Å². The molecule has 1 unspecified atom stereocenters. The predicted octanol–water partition coefficient (Wildman–Crippen LogP) is 1.42. The van der Waals surface area contributed by atoms with E-state index in [9.17, 15) is 5.11 Å². The van der Waals surface area contributed by atoms with Gasteiger partial charge in [0.2, 0.25) is 0 Å². The average molecular weight is 247 g/mol. The highest BCUT2D eigenvalue weighted by Crippen LogP contribution is 1.98. The summed E-state index contributed by atoms with van der Waals surface area (Å²) in [5, 5.41) is 12.7. The first kappa shape index (κ1) is 16.8. The van der Waals surface area contributed by atoms with Crippen LogP contribution in [0, 0.1) is 5.92 Å². The summed E-state index contributed by atoms with van der Waals surface area (Å²) in [6.07, 6.45) is 0.835. The quantitative estimate of drug-likeness (QED) is 0.542. The Hall–Kier alpha value is -0.160. The van der Waals surface area contributed by atoms with Gasteiger partial charge in [0.1, 0.15) is 0 Å². The fourth-order valence-electron chi connectivity index (χ4n) is 1.20. The standard InChI is InChI=1S/C13H29NO3/c1-11(2)5-7-16-8-6-14-9-13(15)10-17-12(3)4/h11-15H,5-10H2,1-4H3. The molecule has 0 aliphatic rings. The lowest BCUT2D eigenvalue weighted by Gasteiger charge is -2.14. The van der Waals surface area contributed by atoms with E-state index in [1.165, 1.54) is 0 Å². The number of aliphatic hydroxyl groups excluding tert-OH is 1. The zero-order valence-corrected chi connectivity index (χ0v) is 11.7. The van der Waals surface area contributed by atoms with Crippen LogP contribution in [0.3, 0.4) is 0 Å². The molecule has 0 heterocycles. The smallest absolute Gasteiger partial charge is 0.0897 e.